The van der Waals surface area contributed by atoms with Gasteiger partial charge in [0.05, 0.1) is 0 Å². The average molecular weight is 291 g/mol. The smallest absolute Gasteiger partial charge is 0.240 e. The fraction of sp³-hybridized carbons (Fsp3) is 0.357. The van der Waals surface area contributed by atoms with Crippen molar-refractivity contribution in [1.82, 2.24) is 5.32 Å². The number of carbonyl (C=O) groups is 2. The molecule has 1 fully saturated rings. The summed E-state index contributed by atoms with van der Waals surface area (Å²) in [4.78, 5) is 27.8. The molecule has 1 aliphatic heterocycles. The van der Waals surface area contributed by atoms with Crippen molar-refractivity contribution in [3.63, 3.8) is 0 Å². The number of benzene rings is 1. The van der Waals surface area contributed by atoms with E-state index in [2.05, 4.69) is 15.6 Å². The third-order valence-electron chi connectivity index (χ3n) is 2.78. The maximum Gasteiger partial charge on any atom is 0.240 e. The van der Waals surface area contributed by atoms with E-state index in [0.717, 1.165) is 11.3 Å². The Morgan fingerprint density at radius 1 is 1.40 bits per heavy atom. The first-order valence-corrected chi connectivity index (χ1v) is 7.35. The molecular formula is C14H17N3O2S. The molecule has 20 heavy (non-hydrogen) atoms. The number of amidine groups is 1. The Kier molecular flexibility index (Phi) is 4.79. The first kappa shape index (κ1) is 14.6. The monoisotopic (exact) mass is 291 g/mol. The fourth-order valence-electron chi connectivity index (χ4n) is 1.78. The summed E-state index contributed by atoms with van der Waals surface area (Å²) < 4.78 is 0. The largest absolute Gasteiger partial charge is 0.326 e. The summed E-state index contributed by atoms with van der Waals surface area (Å²) in [5, 5.41) is 5.67. The summed E-state index contributed by atoms with van der Waals surface area (Å²) in [6.45, 7) is 4.50. The molecule has 6 heteroatoms. The maximum atomic E-state index is 11.9. The molecule has 5 nitrogen and oxygen atoms in total. The minimum atomic E-state index is -0.397. The Bertz CT molecular complexity index is 540. The van der Waals surface area contributed by atoms with E-state index in [4.69, 9.17) is 0 Å². The van der Waals surface area contributed by atoms with E-state index in [-0.39, 0.29) is 18.2 Å². The normalized spacial score (nSPS) is 20.0. The molecule has 0 aromatic heterocycles. The van der Waals surface area contributed by atoms with Crippen molar-refractivity contribution >= 4 is 34.4 Å². The van der Waals surface area contributed by atoms with Crippen LogP contribution >= 0.6 is 11.8 Å². The van der Waals surface area contributed by atoms with Gasteiger partial charge in [-0.25, -0.2) is 0 Å². The van der Waals surface area contributed by atoms with Gasteiger partial charge in [0.15, 0.2) is 5.17 Å². The molecule has 0 aliphatic carbocycles. The van der Waals surface area contributed by atoms with E-state index in [1.807, 2.05) is 38.1 Å². The number of aryl methyl sites for hydroxylation is 1. The predicted octanol–water partition coefficient (Wildman–Crippen LogP) is 1.93. The fourth-order valence-corrected chi connectivity index (χ4v) is 2.81. The summed E-state index contributed by atoms with van der Waals surface area (Å²) in [5.74, 6) is -0.319. The Hall–Kier alpha value is -1.82. The van der Waals surface area contributed by atoms with Gasteiger partial charge < -0.3 is 10.6 Å². The van der Waals surface area contributed by atoms with Crippen LogP contribution < -0.4 is 10.6 Å². The van der Waals surface area contributed by atoms with Crippen molar-refractivity contribution in [3.8, 4) is 0 Å². The van der Waals surface area contributed by atoms with E-state index in [9.17, 15) is 9.59 Å². The highest BCUT2D eigenvalue weighted by molar-refractivity contribution is 8.15. The predicted molar refractivity (Wildman–Crippen MR) is 81.9 cm³/mol. The van der Waals surface area contributed by atoms with Crippen molar-refractivity contribution in [2.45, 2.75) is 25.5 Å². The second-order valence-electron chi connectivity index (χ2n) is 4.49. The summed E-state index contributed by atoms with van der Waals surface area (Å²) in [6.07, 6.45) is 0.146. The lowest BCUT2D eigenvalue weighted by molar-refractivity contribution is -0.122. The van der Waals surface area contributed by atoms with Crippen LogP contribution in [0, 0.1) is 6.92 Å². The van der Waals surface area contributed by atoms with Gasteiger partial charge in [-0.1, -0.05) is 29.5 Å². The van der Waals surface area contributed by atoms with Crippen LogP contribution in [0.2, 0.25) is 0 Å². The van der Waals surface area contributed by atoms with Crippen LogP contribution in [-0.4, -0.2) is 28.8 Å². The average Bonchev–Trinajstić information content (AvgIpc) is 2.73. The second kappa shape index (κ2) is 6.56. The van der Waals surface area contributed by atoms with Gasteiger partial charge in [-0.15, -0.1) is 0 Å². The molecule has 0 radical (unpaired) electrons. The molecular weight excluding hydrogens is 274 g/mol. The van der Waals surface area contributed by atoms with Gasteiger partial charge in [-0.2, -0.15) is 0 Å². The number of hydrogen-bond donors (Lipinski definition) is 2. The number of aliphatic imine (C=N–C) groups is 1. The second-order valence-corrected chi connectivity index (χ2v) is 5.69. The molecule has 106 valence electrons. The number of nitrogens with one attached hydrogen (secondary N) is 2. The molecule has 1 aromatic carbocycles. The minimum absolute atomic E-state index is 0.146. The Morgan fingerprint density at radius 2 is 2.10 bits per heavy atom. The highest BCUT2D eigenvalue weighted by Crippen LogP contribution is 2.23. The van der Waals surface area contributed by atoms with Gasteiger partial charge in [0, 0.05) is 18.7 Å². The molecule has 0 bridgehead atoms. The summed E-state index contributed by atoms with van der Waals surface area (Å²) in [5.41, 5.74) is 1.88. The number of hydrogen-bond acceptors (Lipinski definition) is 4. The standard InChI is InChI=1S/C14H17N3O2S/c1-3-15-14-17-13(19)11(20-14)8-12(18)16-10-6-4-9(2)5-7-10/h4-7,11H,3,8H2,1-2H3,(H,16,18)(H,15,17,19)/t11-/m1/s1. The van der Waals surface area contributed by atoms with Crippen LogP contribution in [0.5, 0.6) is 0 Å². The minimum Gasteiger partial charge on any atom is -0.326 e. The molecule has 1 aliphatic rings. The van der Waals surface area contributed by atoms with E-state index in [1.165, 1.54) is 11.8 Å². The van der Waals surface area contributed by atoms with E-state index >= 15 is 0 Å². The topological polar surface area (TPSA) is 70.6 Å². The lowest BCUT2D eigenvalue weighted by atomic mass is 10.2. The van der Waals surface area contributed by atoms with Gasteiger partial charge in [-0.05, 0) is 26.0 Å². The van der Waals surface area contributed by atoms with Gasteiger partial charge in [0.2, 0.25) is 11.8 Å². The van der Waals surface area contributed by atoms with Gasteiger partial charge in [0.1, 0.15) is 5.25 Å². The lowest BCUT2D eigenvalue weighted by Crippen LogP contribution is -2.28. The highest BCUT2D eigenvalue weighted by Gasteiger charge is 2.31. The third kappa shape index (κ3) is 3.84. The molecule has 0 saturated carbocycles. The van der Waals surface area contributed by atoms with E-state index < -0.39 is 5.25 Å². The number of carbonyl (C=O) groups excluding carboxylic acids is 2. The summed E-state index contributed by atoms with van der Waals surface area (Å²) in [7, 11) is 0. The number of amides is 2. The zero-order chi connectivity index (χ0) is 14.5. The van der Waals surface area contributed by atoms with Crippen molar-refractivity contribution in [1.29, 1.82) is 0 Å². The molecule has 1 atom stereocenters. The Balaban J connectivity index is 1.90. The molecule has 2 amide bonds. The maximum absolute atomic E-state index is 11.9. The first-order chi connectivity index (χ1) is 9.58. The van der Waals surface area contributed by atoms with Crippen molar-refractivity contribution in [2.24, 2.45) is 4.99 Å². The third-order valence-corrected chi connectivity index (χ3v) is 3.90. The molecule has 1 saturated heterocycles. The van der Waals surface area contributed by atoms with Crippen molar-refractivity contribution < 1.29 is 9.59 Å². The van der Waals surface area contributed by atoms with Crippen LogP contribution in [0.15, 0.2) is 29.3 Å². The summed E-state index contributed by atoms with van der Waals surface area (Å²) in [6, 6.07) is 7.55. The zero-order valence-electron chi connectivity index (χ0n) is 11.5. The molecule has 0 unspecified atom stereocenters. The lowest BCUT2D eigenvalue weighted by Gasteiger charge is -2.07. The number of nitrogens with zero attached hydrogens (tertiary/aromatic N) is 1. The SMILES string of the molecule is CCN=C1NC(=O)[C@@H](CC(=O)Nc2ccc(C)cc2)S1. The van der Waals surface area contributed by atoms with Crippen molar-refractivity contribution in [3.05, 3.63) is 29.8 Å². The molecule has 0 spiro atoms. The van der Waals surface area contributed by atoms with Gasteiger partial charge >= 0.3 is 0 Å². The number of anilines is 1. The Labute approximate surface area is 122 Å². The summed E-state index contributed by atoms with van der Waals surface area (Å²) >= 11 is 1.31. The molecule has 2 N–H and O–H groups in total. The highest BCUT2D eigenvalue weighted by atomic mass is 32.2. The first-order valence-electron chi connectivity index (χ1n) is 6.47. The van der Waals surface area contributed by atoms with Gasteiger partial charge in [0.25, 0.3) is 0 Å². The van der Waals surface area contributed by atoms with Crippen LogP contribution in [0.3, 0.4) is 0 Å². The molecule has 1 heterocycles. The van der Waals surface area contributed by atoms with Crippen LogP contribution in [0.1, 0.15) is 18.9 Å². The zero-order valence-corrected chi connectivity index (χ0v) is 12.3. The van der Waals surface area contributed by atoms with E-state index in [0.29, 0.717) is 11.7 Å². The van der Waals surface area contributed by atoms with Crippen LogP contribution in [-0.2, 0) is 9.59 Å². The quantitative estimate of drug-likeness (QED) is 0.890. The van der Waals surface area contributed by atoms with Crippen LogP contribution in [0.25, 0.3) is 0 Å². The number of rotatable bonds is 4. The van der Waals surface area contributed by atoms with Crippen molar-refractivity contribution in [2.75, 3.05) is 11.9 Å². The van der Waals surface area contributed by atoms with E-state index in [1.54, 1.807) is 0 Å². The number of thioether (sulfide) groups is 1. The van der Waals surface area contributed by atoms with Gasteiger partial charge in [-0.3, -0.25) is 14.6 Å². The molecule has 1 aromatic rings. The Morgan fingerprint density at radius 3 is 2.75 bits per heavy atom. The molecule has 2 rings (SSSR count). The van der Waals surface area contributed by atoms with Crippen LogP contribution in [0.4, 0.5) is 5.69 Å².